The van der Waals surface area contributed by atoms with Crippen molar-refractivity contribution >= 4 is 34.9 Å². The number of hydrogen-bond donors (Lipinski definition) is 3. The number of methoxy groups -OCH3 is 1. The first kappa shape index (κ1) is 20.4. The zero-order chi connectivity index (χ0) is 22.2. The van der Waals surface area contributed by atoms with Gasteiger partial charge >= 0.3 is 6.03 Å². The summed E-state index contributed by atoms with van der Waals surface area (Å²) in [4.78, 5) is 40.3. The van der Waals surface area contributed by atoms with Crippen molar-refractivity contribution in [2.24, 2.45) is 5.16 Å². The summed E-state index contributed by atoms with van der Waals surface area (Å²) < 4.78 is 5.18. The van der Waals surface area contributed by atoms with Gasteiger partial charge in [-0.2, -0.15) is 0 Å². The molecule has 0 aliphatic carbocycles. The van der Waals surface area contributed by atoms with Gasteiger partial charge in [-0.25, -0.2) is 4.79 Å². The van der Waals surface area contributed by atoms with E-state index in [1.807, 2.05) is 0 Å². The number of imide groups is 1. The van der Waals surface area contributed by atoms with Gasteiger partial charge in [-0.05, 0) is 36.8 Å². The lowest BCUT2D eigenvalue weighted by atomic mass is 9.99. The number of benzene rings is 1. The predicted molar refractivity (Wildman–Crippen MR) is 112 cm³/mol. The van der Waals surface area contributed by atoms with Crippen molar-refractivity contribution in [2.75, 3.05) is 13.7 Å². The van der Waals surface area contributed by atoms with Crippen molar-refractivity contribution in [1.82, 2.24) is 15.5 Å². The molecule has 9 nitrogen and oxygen atoms in total. The predicted octanol–water partition coefficient (Wildman–Crippen LogP) is 1.54. The monoisotopic (exact) mass is 438 g/mol. The van der Waals surface area contributed by atoms with Gasteiger partial charge in [-0.3, -0.25) is 14.9 Å². The minimum absolute atomic E-state index is 0.108. The number of amides is 4. The Kier molecular flexibility index (Phi) is 5.12. The molecular formula is C21H18N4O5S. The second-order valence-electron chi connectivity index (χ2n) is 7.10. The Morgan fingerprint density at radius 3 is 2.81 bits per heavy atom. The van der Waals surface area contributed by atoms with Crippen LogP contribution in [-0.2, 0) is 11.3 Å². The van der Waals surface area contributed by atoms with Crippen LogP contribution in [-0.4, -0.2) is 52.9 Å². The maximum absolute atomic E-state index is 12.9. The number of ether oxygens (including phenoxy) is 1. The average molecular weight is 438 g/mol. The lowest BCUT2D eigenvalue weighted by Gasteiger charge is -2.26. The largest absolute Gasteiger partial charge is 0.497 e. The van der Waals surface area contributed by atoms with Gasteiger partial charge in [0.1, 0.15) is 5.75 Å². The third kappa shape index (κ3) is 3.71. The van der Waals surface area contributed by atoms with Crippen molar-refractivity contribution in [3.05, 3.63) is 51.2 Å². The first-order valence-corrected chi connectivity index (χ1v) is 10.1. The van der Waals surface area contributed by atoms with Crippen LogP contribution in [0.2, 0.25) is 0 Å². The summed E-state index contributed by atoms with van der Waals surface area (Å²) >= 11 is 1.28. The summed E-state index contributed by atoms with van der Waals surface area (Å²) in [7, 11) is 1.52. The topological polar surface area (TPSA) is 120 Å². The van der Waals surface area contributed by atoms with Crippen LogP contribution in [0.15, 0.2) is 35.5 Å². The molecule has 4 amide bonds. The Balaban J connectivity index is 1.63. The minimum atomic E-state index is -1.58. The highest BCUT2D eigenvalue weighted by atomic mass is 32.1. The Labute approximate surface area is 181 Å². The van der Waals surface area contributed by atoms with Crippen molar-refractivity contribution in [1.29, 1.82) is 0 Å². The number of rotatable bonds is 4. The highest BCUT2D eigenvalue weighted by molar-refractivity contribution is 7.14. The molecule has 3 N–H and O–H groups in total. The highest BCUT2D eigenvalue weighted by Crippen LogP contribution is 2.28. The average Bonchev–Trinajstić information content (AvgIpc) is 3.43. The number of hydrogen-bond acceptors (Lipinski definition) is 7. The molecule has 10 heteroatoms. The number of urea groups is 1. The molecule has 2 aromatic rings. The van der Waals surface area contributed by atoms with Crippen molar-refractivity contribution in [2.45, 2.75) is 19.0 Å². The SMILES string of the molecule is COc1ccc2c(c1)C(=O)N(C[C@@]1(C#Cc3ccc(C(C)=NO)s3)NC(=O)NC1=O)C2. The summed E-state index contributed by atoms with van der Waals surface area (Å²) in [6, 6.07) is 8.03. The minimum Gasteiger partial charge on any atom is -0.497 e. The maximum Gasteiger partial charge on any atom is 0.323 e. The molecule has 2 aliphatic heterocycles. The zero-order valence-electron chi connectivity index (χ0n) is 16.7. The molecule has 0 saturated carbocycles. The van der Waals surface area contributed by atoms with E-state index in [0.717, 1.165) is 10.4 Å². The zero-order valence-corrected chi connectivity index (χ0v) is 17.5. The smallest absolute Gasteiger partial charge is 0.323 e. The molecule has 1 aromatic carbocycles. The first-order valence-electron chi connectivity index (χ1n) is 9.27. The van der Waals surface area contributed by atoms with E-state index in [9.17, 15) is 14.4 Å². The third-order valence-electron chi connectivity index (χ3n) is 5.08. The Hall–Kier alpha value is -3.84. The van der Waals surface area contributed by atoms with Crippen LogP contribution >= 0.6 is 11.3 Å². The maximum atomic E-state index is 12.9. The summed E-state index contributed by atoms with van der Waals surface area (Å²) in [5.41, 5.74) is 0.160. The van der Waals surface area contributed by atoms with Gasteiger partial charge in [0.2, 0.25) is 5.54 Å². The summed E-state index contributed by atoms with van der Waals surface area (Å²) in [6.45, 7) is 1.84. The second kappa shape index (κ2) is 7.77. The quantitative estimate of drug-likeness (QED) is 0.220. The standard InChI is InChI=1S/C21H18N4O5S/c1-12(24-29)17-6-5-15(31-17)7-8-21(19(27)22-20(28)23-21)11-25-10-13-3-4-14(30-2)9-16(13)18(25)26/h3-6,9,29H,10-11H2,1-2H3,(H2,22,23,27,28)/t21-/m1/s1. The fraction of sp³-hybridized carbons (Fsp3) is 0.238. The van der Waals surface area contributed by atoms with Gasteiger partial charge in [-0.1, -0.05) is 23.1 Å². The molecule has 3 heterocycles. The number of carbonyl (C=O) groups is 3. The van der Waals surface area contributed by atoms with E-state index in [-0.39, 0.29) is 12.5 Å². The molecule has 0 unspecified atom stereocenters. The van der Waals surface area contributed by atoms with Gasteiger partial charge in [0.15, 0.2) is 0 Å². The highest BCUT2D eigenvalue weighted by Gasteiger charge is 2.48. The third-order valence-corrected chi connectivity index (χ3v) is 6.19. The molecule has 4 rings (SSSR count). The molecular weight excluding hydrogens is 420 g/mol. The summed E-state index contributed by atoms with van der Waals surface area (Å²) in [5.74, 6) is 5.44. The van der Waals surface area contributed by atoms with E-state index in [1.165, 1.54) is 23.3 Å². The van der Waals surface area contributed by atoms with Crippen molar-refractivity contribution < 1.29 is 24.3 Å². The van der Waals surface area contributed by atoms with Crippen molar-refractivity contribution in [3.63, 3.8) is 0 Å². The Bertz CT molecular complexity index is 1190. The number of carbonyl (C=O) groups excluding carboxylic acids is 3. The number of thiophene rings is 1. The van der Waals surface area contributed by atoms with Crippen LogP contribution in [0.3, 0.4) is 0 Å². The fourth-order valence-corrected chi connectivity index (χ4v) is 4.23. The van der Waals surface area contributed by atoms with Gasteiger partial charge in [0, 0.05) is 12.1 Å². The molecule has 0 radical (unpaired) electrons. The number of nitrogens with one attached hydrogen (secondary N) is 2. The molecule has 1 atom stereocenters. The van der Waals surface area contributed by atoms with Gasteiger partial charge in [0.05, 0.1) is 29.1 Å². The first-order chi connectivity index (χ1) is 14.8. The van der Waals surface area contributed by atoms with Crippen LogP contribution in [0.1, 0.15) is 32.6 Å². The number of oxime groups is 1. The van der Waals surface area contributed by atoms with Crippen LogP contribution < -0.4 is 15.4 Å². The van der Waals surface area contributed by atoms with Crippen LogP contribution in [0.5, 0.6) is 5.75 Å². The van der Waals surface area contributed by atoms with E-state index in [1.54, 1.807) is 37.3 Å². The normalized spacial score (nSPS) is 20.1. The van der Waals surface area contributed by atoms with E-state index in [2.05, 4.69) is 27.6 Å². The summed E-state index contributed by atoms with van der Waals surface area (Å²) in [5, 5.41) is 16.8. The van der Waals surface area contributed by atoms with Crippen molar-refractivity contribution in [3.8, 4) is 17.6 Å². The molecule has 0 spiro atoms. The lowest BCUT2D eigenvalue weighted by molar-refractivity contribution is -0.122. The molecule has 31 heavy (non-hydrogen) atoms. The molecule has 1 aromatic heterocycles. The molecule has 1 saturated heterocycles. The Morgan fingerprint density at radius 1 is 1.32 bits per heavy atom. The summed E-state index contributed by atoms with van der Waals surface area (Å²) in [6.07, 6.45) is 0. The van der Waals surface area contributed by atoms with Crippen LogP contribution in [0, 0.1) is 11.8 Å². The Morgan fingerprint density at radius 2 is 2.13 bits per heavy atom. The molecule has 1 fully saturated rings. The molecule has 158 valence electrons. The van der Waals surface area contributed by atoms with E-state index >= 15 is 0 Å². The van der Waals surface area contributed by atoms with E-state index in [4.69, 9.17) is 9.94 Å². The van der Waals surface area contributed by atoms with Crippen LogP contribution in [0.4, 0.5) is 4.79 Å². The number of nitrogens with zero attached hydrogens (tertiary/aromatic N) is 2. The van der Waals surface area contributed by atoms with E-state index < -0.39 is 17.5 Å². The van der Waals surface area contributed by atoms with Gasteiger partial charge in [-0.15, -0.1) is 11.3 Å². The second-order valence-corrected chi connectivity index (χ2v) is 8.18. The van der Waals surface area contributed by atoms with E-state index in [0.29, 0.717) is 28.4 Å². The van der Waals surface area contributed by atoms with Crippen LogP contribution in [0.25, 0.3) is 0 Å². The lowest BCUT2D eigenvalue weighted by Crippen LogP contribution is -2.54. The number of fused-ring (bicyclic) bond motifs is 1. The van der Waals surface area contributed by atoms with Gasteiger partial charge < -0.3 is 20.2 Å². The fourth-order valence-electron chi connectivity index (χ4n) is 3.43. The molecule has 0 bridgehead atoms. The molecule has 2 aliphatic rings. The van der Waals surface area contributed by atoms with Gasteiger partial charge in [0.25, 0.3) is 11.8 Å².